The lowest BCUT2D eigenvalue weighted by molar-refractivity contribution is -0.00228. The van der Waals surface area contributed by atoms with Crippen LogP contribution in [0.3, 0.4) is 0 Å². The molecule has 0 spiro atoms. The van der Waals surface area contributed by atoms with E-state index in [9.17, 15) is 10.2 Å². The number of piperidine rings is 1. The van der Waals surface area contributed by atoms with Crippen molar-refractivity contribution in [1.29, 1.82) is 0 Å². The van der Waals surface area contributed by atoms with Gasteiger partial charge >= 0.3 is 0 Å². The first-order valence-corrected chi connectivity index (χ1v) is 10.1. The minimum Gasteiger partial charge on any atom is -0.508 e. The largest absolute Gasteiger partial charge is 0.508 e. The molecular weight excluding hydrogens is 334 g/mol. The third-order valence-corrected chi connectivity index (χ3v) is 5.81. The number of hydrogen-bond acceptors (Lipinski definition) is 3. The minimum absolute atomic E-state index is 0.256. The van der Waals surface area contributed by atoms with Crippen LogP contribution in [0.15, 0.2) is 60.7 Å². The number of phenolic OH excluding ortho intramolecular Hbond substituents is 1. The second-order valence-corrected chi connectivity index (χ2v) is 7.65. The molecule has 0 bridgehead atoms. The molecule has 1 aliphatic heterocycles. The Morgan fingerprint density at radius 1 is 1.15 bits per heavy atom. The molecule has 3 rings (SSSR count). The SMILES string of the molecule is CCCC[C@]1(c2cccc(O)c2)CCN(C/C=C/c2ccccc2)C[C@H]1O. The van der Waals surface area contributed by atoms with Gasteiger partial charge in [0, 0.05) is 18.5 Å². The summed E-state index contributed by atoms with van der Waals surface area (Å²) in [4.78, 5) is 2.32. The third-order valence-electron chi connectivity index (χ3n) is 5.81. The maximum Gasteiger partial charge on any atom is 0.115 e. The number of aliphatic hydroxyl groups excluding tert-OH is 1. The summed E-state index contributed by atoms with van der Waals surface area (Å²) in [5, 5.41) is 21.1. The van der Waals surface area contributed by atoms with Crippen LogP contribution in [0.2, 0.25) is 0 Å². The standard InChI is InChI=1S/C24H31NO2/c1-2-3-14-24(21-12-7-13-22(26)18-21)15-17-25(19-23(24)27)16-8-11-20-9-5-4-6-10-20/h4-13,18,23,26-27H,2-3,14-17,19H2,1H3/b11-8+/t23-,24-/m1/s1. The van der Waals surface area contributed by atoms with E-state index in [1.165, 1.54) is 5.56 Å². The summed E-state index contributed by atoms with van der Waals surface area (Å²) < 4.78 is 0. The highest BCUT2D eigenvalue weighted by Gasteiger charge is 2.42. The summed E-state index contributed by atoms with van der Waals surface area (Å²) in [6.45, 7) is 4.65. The first-order chi connectivity index (χ1) is 13.1. The number of phenols is 1. The van der Waals surface area contributed by atoms with Crippen LogP contribution in [-0.4, -0.2) is 40.9 Å². The normalized spacial score (nSPS) is 23.7. The first kappa shape index (κ1) is 19.7. The molecule has 27 heavy (non-hydrogen) atoms. The number of rotatable bonds is 7. The summed E-state index contributed by atoms with van der Waals surface area (Å²) >= 11 is 0. The molecule has 3 nitrogen and oxygen atoms in total. The van der Waals surface area contributed by atoms with Crippen LogP contribution in [-0.2, 0) is 5.41 Å². The number of aromatic hydroxyl groups is 1. The Morgan fingerprint density at radius 3 is 2.67 bits per heavy atom. The Balaban J connectivity index is 1.69. The van der Waals surface area contributed by atoms with Gasteiger partial charge in [-0.3, -0.25) is 4.90 Å². The predicted molar refractivity (Wildman–Crippen MR) is 112 cm³/mol. The molecule has 144 valence electrons. The summed E-state index contributed by atoms with van der Waals surface area (Å²) in [6, 6.07) is 17.8. The average molecular weight is 366 g/mol. The van der Waals surface area contributed by atoms with E-state index in [1.807, 2.05) is 30.3 Å². The Morgan fingerprint density at radius 2 is 1.96 bits per heavy atom. The molecule has 0 saturated carbocycles. The van der Waals surface area contributed by atoms with Crippen molar-refractivity contribution in [3.8, 4) is 5.75 Å². The lowest BCUT2D eigenvalue weighted by atomic mass is 9.67. The molecule has 3 heteroatoms. The fraction of sp³-hybridized carbons (Fsp3) is 0.417. The number of nitrogens with zero attached hydrogens (tertiary/aromatic N) is 1. The second-order valence-electron chi connectivity index (χ2n) is 7.65. The van der Waals surface area contributed by atoms with Gasteiger partial charge in [-0.25, -0.2) is 0 Å². The van der Waals surface area contributed by atoms with Gasteiger partial charge in [-0.05, 0) is 42.6 Å². The molecule has 0 aromatic heterocycles. The summed E-state index contributed by atoms with van der Waals surface area (Å²) in [7, 11) is 0. The molecule has 2 N–H and O–H groups in total. The molecule has 1 heterocycles. The quantitative estimate of drug-likeness (QED) is 0.754. The molecule has 2 aromatic rings. The Labute approximate surface area is 163 Å². The Hall–Kier alpha value is -2.10. The molecule has 2 atom stereocenters. The lowest BCUT2D eigenvalue weighted by Gasteiger charge is -2.46. The Bertz CT molecular complexity index is 743. The zero-order valence-electron chi connectivity index (χ0n) is 16.2. The summed E-state index contributed by atoms with van der Waals surface area (Å²) in [6.07, 6.45) is 7.95. The molecule has 0 unspecified atom stereocenters. The van der Waals surface area contributed by atoms with Crippen molar-refractivity contribution in [3.63, 3.8) is 0 Å². The molecule has 0 aliphatic carbocycles. The van der Waals surface area contributed by atoms with Gasteiger partial charge in [-0.1, -0.05) is 74.4 Å². The molecule has 0 radical (unpaired) electrons. The number of aliphatic hydroxyl groups is 1. The summed E-state index contributed by atoms with van der Waals surface area (Å²) in [5.41, 5.74) is 2.02. The number of unbranched alkanes of at least 4 members (excludes halogenated alkanes) is 1. The Kier molecular flexibility index (Phi) is 6.70. The van der Waals surface area contributed by atoms with E-state index < -0.39 is 6.10 Å². The number of benzene rings is 2. The van der Waals surface area contributed by atoms with Crippen molar-refractivity contribution in [2.45, 2.75) is 44.1 Å². The maximum atomic E-state index is 11.1. The van der Waals surface area contributed by atoms with Gasteiger partial charge in [0.2, 0.25) is 0 Å². The van der Waals surface area contributed by atoms with Crippen LogP contribution >= 0.6 is 0 Å². The highest BCUT2D eigenvalue weighted by molar-refractivity contribution is 5.48. The molecular formula is C24H31NO2. The van der Waals surface area contributed by atoms with Gasteiger partial charge in [0.1, 0.15) is 5.75 Å². The van der Waals surface area contributed by atoms with Crippen LogP contribution < -0.4 is 0 Å². The van der Waals surface area contributed by atoms with Crippen LogP contribution in [0.4, 0.5) is 0 Å². The van der Waals surface area contributed by atoms with Gasteiger partial charge in [-0.2, -0.15) is 0 Å². The lowest BCUT2D eigenvalue weighted by Crippen LogP contribution is -2.53. The predicted octanol–water partition coefficient (Wildman–Crippen LogP) is 4.60. The van der Waals surface area contributed by atoms with Crippen LogP contribution in [0.1, 0.15) is 43.7 Å². The summed E-state index contributed by atoms with van der Waals surface area (Å²) in [5.74, 6) is 0.281. The van der Waals surface area contributed by atoms with E-state index in [2.05, 4.69) is 42.2 Å². The fourth-order valence-electron chi connectivity index (χ4n) is 4.18. The molecule has 1 aliphatic rings. The van der Waals surface area contributed by atoms with Crippen molar-refractivity contribution in [3.05, 3.63) is 71.8 Å². The van der Waals surface area contributed by atoms with Gasteiger partial charge < -0.3 is 10.2 Å². The number of likely N-dealkylation sites (tertiary alicyclic amines) is 1. The molecule has 1 saturated heterocycles. The monoisotopic (exact) mass is 365 g/mol. The van der Waals surface area contributed by atoms with Gasteiger partial charge in [0.15, 0.2) is 0 Å². The number of hydrogen-bond donors (Lipinski definition) is 2. The van der Waals surface area contributed by atoms with Gasteiger partial charge in [0.05, 0.1) is 6.10 Å². The fourth-order valence-corrected chi connectivity index (χ4v) is 4.18. The second kappa shape index (κ2) is 9.20. The smallest absolute Gasteiger partial charge is 0.115 e. The van der Waals surface area contributed by atoms with Crippen molar-refractivity contribution in [2.24, 2.45) is 0 Å². The maximum absolute atomic E-state index is 11.1. The van der Waals surface area contributed by atoms with Crippen molar-refractivity contribution < 1.29 is 10.2 Å². The molecule has 1 fully saturated rings. The van der Waals surface area contributed by atoms with E-state index >= 15 is 0 Å². The zero-order valence-corrected chi connectivity index (χ0v) is 16.2. The van der Waals surface area contributed by atoms with Gasteiger partial charge in [-0.15, -0.1) is 0 Å². The van der Waals surface area contributed by atoms with Crippen LogP contribution in [0.5, 0.6) is 5.75 Å². The zero-order chi connectivity index (χ0) is 19.1. The van der Waals surface area contributed by atoms with E-state index in [0.717, 1.165) is 44.3 Å². The van der Waals surface area contributed by atoms with E-state index in [-0.39, 0.29) is 11.2 Å². The van der Waals surface area contributed by atoms with Crippen molar-refractivity contribution in [1.82, 2.24) is 4.90 Å². The highest BCUT2D eigenvalue weighted by Crippen LogP contribution is 2.41. The highest BCUT2D eigenvalue weighted by atomic mass is 16.3. The van der Waals surface area contributed by atoms with Gasteiger partial charge in [0.25, 0.3) is 0 Å². The third kappa shape index (κ3) is 4.79. The van der Waals surface area contributed by atoms with Crippen LogP contribution in [0, 0.1) is 0 Å². The van der Waals surface area contributed by atoms with E-state index in [4.69, 9.17) is 0 Å². The topological polar surface area (TPSA) is 43.7 Å². The van der Waals surface area contributed by atoms with E-state index in [0.29, 0.717) is 6.54 Å². The van der Waals surface area contributed by atoms with Crippen LogP contribution in [0.25, 0.3) is 6.08 Å². The first-order valence-electron chi connectivity index (χ1n) is 10.1. The average Bonchev–Trinajstić information content (AvgIpc) is 2.68. The molecule has 2 aromatic carbocycles. The minimum atomic E-state index is -0.426. The molecule has 0 amide bonds. The van der Waals surface area contributed by atoms with E-state index in [1.54, 1.807) is 6.07 Å². The number of β-amino-alcohol motifs (C(OH)–C–C–N with tert-alkyl or cyclic N) is 1. The van der Waals surface area contributed by atoms with Crippen molar-refractivity contribution >= 4 is 6.08 Å². The van der Waals surface area contributed by atoms with Crippen molar-refractivity contribution in [2.75, 3.05) is 19.6 Å².